The number of nitrogens with two attached hydrogens (primary N) is 1. The Kier molecular flexibility index (Phi) is 1.63. The Morgan fingerprint density at radius 3 is 2.80 bits per heavy atom. The first-order chi connectivity index (χ1) is 7.27. The van der Waals surface area contributed by atoms with Crippen molar-refractivity contribution in [2.75, 3.05) is 0 Å². The number of carbonyl (C=O) groups is 1. The second kappa shape index (κ2) is 2.86. The zero-order valence-corrected chi connectivity index (χ0v) is 8.31. The fourth-order valence-corrected chi connectivity index (χ4v) is 2.07. The number of aromatic nitrogens is 1. The first kappa shape index (κ1) is 8.53. The van der Waals surface area contributed by atoms with Gasteiger partial charge >= 0.3 is 0 Å². The molecule has 1 fully saturated rings. The minimum absolute atomic E-state index is 0.353. The van der Waals surface area contributed by atoms with Gasteiger partial charge in [0.25, 0.3) is 0 Å². The molecule has 0 saturated heterocycles. The summed E-state index contributed by atoms with van der Waals surface area (Å²) >= 11 is 0. The summed E-state index contributed by atoms with van der Waals surface area (Å²) in [5.74, 6) is -0.353. The Morgan fingerprint density at radius 2 is 2.13 bits per heavy atom. The lowest BCUT2D eigenvalue weighted by Gasteiger charge is -2.03. The third kappa shape index (κ3) is 1.23. The Balaban J connectivity index is 2.27. The van der Waals surface area contributed by atoms with Crippen LogP contribution in [-0.2, 0) is 0 Å². The summed E-state index contributed by atoms with van der Waals surface area (Å²) in [4.78, 5) is 11.2. The molecule has 0 atom stereocenters. The normalized spacial score (nSPS) is 15.7. The Morgan fingerprint density at radius 1 is 1.33 bits per heavy atom. The molecule has 1 aliphatic carbocycles. The highest BCUT2D eigenvalue weighted by atomic mass is 16.1. The quantitative estimate of drug-likeness (QED) is 0.792. The highest BCUT2D eigenvalue weighted by Crippen LogP contribution is 2.38. The number of rotatable bonds is 2. The standard InChI is InChI=1S/C12H12N2O/c13-12(15)10-2-1-3-11-9(10)6-7-14(11)8-4-5-8/h1-3,6-8H,4-5H2,(H2,13,15). The van der Waals surface area contributed by atoms with Crippen LogP contribution in [0, 0.1) is 0 Å². The van der Waals surface area contributed by atoms with Crippen LogP contribution in [0.5, 0.6) is 0 Å². The molecule has 1 heterocycles. The van der Waals surface area contributed by atoms with Gasteiger partial charge in [0.1, 0.15) is 0 Å². The SMILES string of the molecule is NC(=O)c1cccc2c1ccn2C1CC1. The van der Waals surface area contributed by atoms with E-state index >= 15 is 0 Å². The van der Waals surface area contributed by atoms with E-state index < -0.39 is 0 Å². The number of primary amides is 1. The number of fused-ring (bicyclic) bond motifs is 1. The first-order valence-corrected chi connectivity index (χ1v) is 5.17. The molecule has 1 saturated carbocycles. The third-order valence-corrected chi connectivity index (χ3v) is 2.97. The molecule has 2 aromatic rings. The summed E-state index contributed by atoms with van der Waals surface area (Å²) in [5.41, 5.74) is 7.07. The van der Waals surface area contributed by atoms with Crippen LogP contribution in [0.1, 0.15) is 29.2 Å². The van der Waals surface area contributed by atoms with Gasteiger partial charge < -0.3 is 10.3 Å². The molecule has 0 aliphatic heterocycles. The van der Waals surface area contributed by atoms with Gasteiger partial charge in [0.05, 0.1) is 0 Å². The number of hydrogen-bond acceptors (Lipinski definition) is 1. The molecule has 0 unspecified atom stereocenters. The predicted octanol–water partition coefficient (Wildman–Crippen LogP) is 2.08. The van der Waals surface area contributed by atoms with Crippen LogP contribution in [0.3, 0.4) is 0 Å². The van der Waals surface area contributed by atoms with Crippen LogP contribution in [0.2, 0.25) is 0 Å². The molecular formula is C12H12N2O. The molecule has 3 nitrogen and oxygen atoms in total. The molecule has 15 heavy (non-hydrogen) atoms. The van der Waals surface area contributed by atoms with Gasteiger partial charge in [-0.2, -0.15) is 0 Å². The maximum absolute atomic E-state index is 11.2. The van der Waals surface area contributed by atoms with Crippen molar-refractivity contribution in [3.8, 4) is 0 Å². The maximum Gasteiger partial charge on any atom is 0.249 e. The van der Waals surface area contributed by atoms with E-state index in [2.05, 4.69) is 10.8 Å². The lowest BCUT2D eigenvalue weighted by molar-refractivity contribution is 0.100. The number of benzene rings is 1. The molecule has 1 aromatic carbocycles. The van der Waals surface area contributed by atoms with Crippen LogP contribution in [0.25, 0.3) is 10.9 Å². The Labute approximate surface area is 87.5 Å². The summed E-state index contributed by atoms with van der Waals surface area (Å²) in [6, 6.07) is 8.32. The summed E-state index contributed by atoms with van der Waals surface area (Å²) in [7, 11) is 0. The smallest absolute Gasteiger partial charge is 0.249 e. The average molecular weight is 200 g/mol. The molecule has 3 heteroatoms. The molecular weight excluding hydrogens is 188 g/mol. The Bertz CT molecular complexity index is 538. The lowest BCUT2D eigenvalue weighted by atomic mass is 10.1. The maximum atomic E-state index is 11.2. The average Bonchev–Trinajstić information content (AvgIpc) is 2.97. The van der Waals surface area contributed by atoms with Crippen molar-refractivity contribution in [1.29, 1.82) is 0 Å². The van der Waals surface area contributed by atoms with Gasteiger partial charge in [0.15, 0.2) is 0 Å². The second-order valence-electron chi connectivity index (χ2n) is 4.06. The summed E-state index contributed by atoms with van der Waals surface area (Å²) in [6.07, 6.45) is 4.53. The predicted molar refractivity (Wildman–Crippen MR) is 58.7 cm³/mol. The van der Waals surface area contributed by atoms with Crippen molar-refractivity contribution in [2.45, 2.75) is 18.9 Å². The summed E-state index contributed by atoms with van der Waals surface area (Å²) in [6.45, 7) is 0. The highest BCUT2D eigenvalue weighted by Gasteiger charge is 2.24. The summed E-state index contributed by atoms with van der Waals surface area (Å²) < 4.78 is 2.24. The van der Waals surface area contributed by atoms with E-state index in [1.165, 1.54) is 12.8 Å². The molecule has 76 valence electrons. The molecule has 1 aliphatic rings. The Hall–Kier alpha value is -1.77. The summed E-state index contributed by atoms with van der Waals surface area (Å²) in [5, 5.41) is 0.969. The number of amides is 1. The molecule has 1 amide bonds. The monoisotopic (exact) mass is 200 g/mol. The van der Waals surface area contributed by atoms with E-state index in [0.717, 1.165) is 10.9 Å². The van der Waals surface area contributed by atoms with Gasteiger partial charge in [-0.05, 0) is 31.0 Å². The van der Waals surface area contributed by atoms with Gasteiger partial charge in [-0.25, -0.2) is 0 Å². The van der Waals surface area contributed by atoms with Crippen LogP contribution in [0.4, 0.5) is 0 Å². The van der Waals surface area contributed by atoms with E-state index in [9.17, 15) is 4.79 Å². The van der Waals surface area contributed by atoms with E-state index in [1.807, 2.05) is 18.2 Å². The number of nitrogens with zero attached hydrogens (tertiary/aromatic N) is 1. The minimum atomic E-state index is -0.353. The molecule has 0 spiro atoms. The fraction of sp³-hybridized carbons (Fsp3) is 0.250. The number of hydrogen-bond donors (Lipinski definition) is 1. The van der Waals surface area contributed by atoms with Crippen molar-refractivity contribution in [3.63, 3.8) is 0 Å². The lowest BCUT2D eigenvalue weighted by Crippen LogP contribution is -2.11. The van der Waals surface area contributed by atoms with Crippen molar-refractivity contribution >= 4 is 16.8 Å². The van der Waals surface area contributed by atoms with Gasteiger partial charge in [0.2, 0.25) is 5.91 Å². The largest absolute Gasteiger partial charge is 0.366 e. The van der Waals surface area contributed by atoms with E-state index in [4.69, 9.17) is 5.73 Å². The number of carbonyl (C=O) groups excluding carboxylic acids is 1. The van der Waals surface area contributed by atoms with Crippen LogP contribution >= 0.6 is 0 Å². The van der Waals surface area contributed by atoms with Gasteiger partial charge in [-0.1, -0.05) is 6.07 Å². The molecule has 0 radical (unpaired) electrons. The minimum Gasteiger partial charge on any atom is -0.366 e. The fourth-order valence-electron chi connectivity index (χ4n) is 2.07. The van der Waals surface area contributed by atoms with E-state index in [-0.39, 0.29) is 5.91 Å². The van der Waals surface area contributed by atoms with Crippen molar-refractivity contribution in [2.24, 2.45) is 5.73 Å². The first-order valence-electron chi connectivity index (χ1n) is 5.17. The van der Waals surface area contributed by atoms with Gasteiger partial charge in [-0.15, -0.1) is 0 Å². The highest BCUT2D eigenvalue weighted by molar-refractivity contribution is 6.05. The topological polar surface area (TPSA) is 48.0 Å². The molecule has 0 bridgehead atoms. The van der Waals surface area contributed by atoms with Crippen LogP contribution in [0.15, 0.2) is 30.5 Å². The van der Waals surface area contributed by atoms with Gasteiger partial charge in [0, 0.05) is 28.7 Å². The molecule has 1 aromatic heterocycles. The second-order valence-corrected chi connectivity index (χ2v) is 4.06. The van der Waals surface area contributed by atoms with E-state index in [0.29, 0.717) is 11.6 Å². The zero-order valence-electron chi connectivity index (χ0n) is 8.31. The van der Waals surface area contributed by atoms with Crippen molar-refractivity contribution in [3.05, 3.63) is 36.0 Å². The molecule has 3 rings (SSSR count). The van der Waals surface area contributed by atoms with Crippen LogP contribution < -0.4 is 5.73 Å². The van der Waals surface area contributed by atoms with Crippen LogP contribution in [-0.4, -0.2) is 10.5 Å². The zero-order chi connectivity index (χ0) is 10.4. The third-order valence-electron chi connectivity index (χ3n) is 2.97. The van der Waals surface area contributed by atoms with Gasteiger partial charge in [-0.3, -0.25) is 4.79 Å². The van der Waals surface area contributed by atoms with Crippen molar-refractivity contribution in [1.82, 2.24) is 4.57 Å². The van der Waals surface area contributed by atoms with E-state index in [1.54, 1.807) is 6.07 Å². The molecule has 2 N–H and O–H groups in total. The van der Waals surface area contributed by atoms with Crippen molar-refractivity contribution < 1.29 is 4.79 Å².